The Morgan fingerprint density at radius 1 is 0.800 bits per heavy atom. The van der Waals surface area contributed by atoms with E-state index in [0.29, 0.717) is 33.5 Å². The molecule has 226 valence electrons. The van der Waals surface area contributed by atoms with Gasteiger partial charge in [0.2, 0.25) is 5.91 Å². The summed E-state index contributed by atoms with van der Waals surface area (Å²) in [6, 6.07) is 34.3. The van der Waals surface area contributed by atoms with Crippen LogP contribution >= 0.6 is 23.4 Å². The van der Waals surface area contributed by atoms with Crippen molar-refractivity contribution in [1.82, 2.24) is 5.32 Å². The number of anilines is 2. The van der Waals surface area contributed by atoms with Crippen LogP contribution in [-0.4, -0.2) is 23.0 Å². The Morgan fingerprint density at radius 3 is 2.20 bits per heavy atom. The molecule has 5 aromatic rings. The van der Waals surface area contributed by atoms with Crippen LogP contribution < -0.4 is 16.0 Å². The van der Waals surface area contributed by atoms with Gasteiger partial charge in [-0.3, -0.25) is 14.4 Å². The van der Waals surface area contributed by atoms with E-state index in [2.05, 4.69) is 16.0 Å². The Hall–Kier alpha value is -5.05. The molecule has 0 bridgehead atoms. The second-order valence-electron chi connectivity index (χ2n) is 10.1. The van der Waals surface area contributed by atoms with Crippen LogP contribution in [-0.2, 0) is 9.59 Å². The molecule has 1 atom stereocenters. The molecule has 9 heteroatoms. The van der Waals surface area contributed by atoms with Crippen LogP contribution in [0.3, 0.4) is 0 Å². The molecular weight excluding hydrogens is 606 g/mol. The van der Waals surface area contributed by atoms with E-state index in [1.165, 1.54) is 17.8 Å². The number of hydrogen-bond acceptors (Lipinski definition) is 5. The Morgan fingerprint density at radius 2 is 1.49 bits per heavy atom. The molecule has 0 saturated carbocycles. The third kappa shape index (κ3) is 8.32. The van der Waals surface area contributed by atoms with Crippen LogP contribution in [0.2, 0.25) is 5.02 Å². The summed E-state index contributed by atoms with van der Waals surface area (Å²) in [7, 11) is 0. The molecule has 0 saturated heterocycles. The number of carbonyl (C=O) groups is 3. The summed E-state index contributed by atoms with van der Waals surface area (Å²) in [5.74, 6) is -0.0742. The third-order valence-electron chi connectivity index (χ3n) is 6.82. The minimum atomic E-state index is -0.526. The molecule has 1 aromatic heterocycles. The highest BCUT2D eigenvalue weighted by molar-refractivity contribution is 8.00. The Kier molecular flexibility index (Phi) is 10.2. The smallest absolute Gasteiger partial charge is 0.272 e. The van der Waals surface area contributed by atoms with E-state index >= 15 is 0 Å². The lowest BCUT2D eigenvalue weighted by atomic mass is 10.2. The molecule has 0 fully saturated rings. The predicted octanol–water partition coefficient (Wildman–Crippen LogP) is 8.44. The van der Waals surface area contributed by atoms with Gasteiger partial charge in [0.25, 0.3) is 11.8 Å². The minimum Gasteiger partial charge on any atom is -0.457 e. The molecule has 7 nitrogen and oxygen atoms in total. The van der Waals surface area contributed by atoms with Crippen LogP contribution in [0.1, 0.15) is 28.6 Å². The molecule has 0 aliphatic carbocycles. The van der Waals surface area contributed by atoms with E-state index < -0.39 is 11.8 Å². The number of rotatable bonds is 10. The van der Waals surface area contributed by atoms with Crippen molar-refractivity contribution in [3.8, 4) is 11.3 Å². The summed E-state index contributed by atoms with van der Waals surface area (Å²) in [5, 5.41) is 8.69. The van der Waals surface area contributed by atoms with Crippen molar-refractivity contribution in [2.24, 2.45) is 0 Å². The van der Waals surface area contributed by atoms with Gasteiger partial charge in [-0.25, -0.2) is 0 Å². The third-order valence-corrected chi connectivity index (χ3v) is 8.34. The number of hydrogen-bond donors (Lipinski definition) is 3. The largest absolute Gasteiger partial charge is 0.457 e. The van der Waals surface area contributed by atoms with Crippen LogP contribution in [0.15, 0.2) is 130 Å². The van der Waals surface area contributed by atoms with Crippen molar-refractivity contribution < 1.29 is 18.8 Å². The topological polar surface area (TPSA) is 100 Å². The highest BCUT2D eigenvalue weighted by Crippen LogP contribution is 2.28. The first-order chi connectivity index (χ1) is 21.8. The molecule has 45 heavy (non-hydrogen) atoms. The average Bonchev–Trinajstić information content (AvgIpc) is 3.53. The normalized spacial score (nSPS) is 11.8. The van der Waals surface area contributed by atoms with E-state index in [0.717, 1.165) is 16.0 Å². The van der Waals surface area contributed by atoms with Gasteiger partial charge in [0.15, 0.2) is 0 Å². The van der Waals surface area contributed by atoms with E-state index in [9.17, 15) is 14.4 Å². The molecule has 0 aliphatic rings. The number of halogens is 1. The zero-order valence-corrected chi connectivity index (χ0v) is 26.1. The van der Waals surface area contributed by atoms with Crippen LogP contribution in [0.4, 0.5) is 11.4 Å². The highest BCUT2D eigenvalue weighted by atomic mass is 35.5. The van der Waals surface area contributed by atoms with Crippen LogP contribution in [0, 0.1) is 6.92 Å². The number of thioether (sulfide) groups is 1. The van der Waals surface area contributed by atoms with Gasteiger partial charge in [0.05, 0.1) is 5.25 Å². The van der Waals surface area contributed by atoms with Gasteiger partial charge in [-0.1, -0.05) is 66.2 Å². The molecule has 0 radical (unpaired) electrons. The second-order valence-corrected chi connectivity index (χ2v) is 11.9. The standard InChI is InChI=1S/C36H30ClN3O4S/c1-23-30(37)14-9-15-31(23)39-34(41)24(2)45-29-19-16-27(17-20-29)38-36(43)32(40-35(42)26-12-7-4-8-13-26)22-28-18-21-33(44-28)25-10-5-3-6-11-25/h3-22,24H,1-2H3,(H,38,43)(H,39,41)(H,40,42). The quantitative estimate of drug-likeness (QED) is 0.106. The fourth-order valence-corrected chi connectivity index (χ4v) is 5.36. The van der Waals surface area contributed by atoms with E-state index in [4.69, 9.17) is 16.0 Å². The van der Waals surface area contributed by atoms with Gasteiger partial charge < -0.3 is 20.4 Å². The van der Waals surface area contributed by atoms with Gasteiger partial charge in [0, 0.05) is 38.5 Å². The van der Waals surface area contributed by atoms with Crippen molar-refractivity contribution in [3.63, 3.8) is 0 Å². The Labute approximate surface area is 270 Å². The first-order valence-electron chi connectivity index (χ1n) is 14.1. The van der Waals surface area contributed by atoms with Crippen molar-refractivity contribution in [2.45, 2.75) is 24.0 Å². The van der Waals surface area contributed by atoms with Crippen LogP contribution in [0.25, 0.3) is 17.4 Å². The summed E-state index contributed by atoms with van der Waals surface area (Å²) in [6.07, 6.45) is 1.49. The highest BCUT2D eigenvalue weighted by Gasteiger charge is 2.18. The van der Waals surface area contributed by atoms with Crippen molar-refractivity contribution in [1.29, 1.82) is 0 Å². The van der Waals surface area contributed by atoms with Crippen molar-refractivity contribution in [2.75, 3.05) is 10.6 Å². The summed E-state index contributed by atoms with van der Waals surface area (Å²) in [6.45, 7) is 3.67. The fraction of sp³-hybridized carbons (Fsp3) is 0.0833. The number of furan rings is 1. The molecule has 0 aliphatic heterocycles. The maximum atomic E-state index is 13.4. The van der Waals surface area contributed by atoms with Gasteiger partial charge >= 0.3 is 0 Å². The van der Waals surface area contributed by atoms with E-state index in [1.54, 1.807) is 54.6 Å². The first-order valence-corrected chi connectivity index (χ1v) is 15.4. The maximum Gasteiger partial charge on any atom is 0.272 e. The molecule has 1 heterocycles. The second kappa shape index (κ2) is 14.6. The molecule has 3 N–H and O–H groups in total. The molecule has 0 spiro atoms. The minimum absolute atomic E-state index is 0.0119. The molecule has 3 amide bonds. The number of nitrogens with one attached hydrogen (secondary N) is 3. The first kappa shape index (κ1) is 31.4. The van der Waals surface area contributed by atoms with Gasteiger partial charge in [-0.15, -0.1) is 11.8 Å². The fourth-order valence-electron chi connectivity index (χ4n) is 4.32. The summed E-state index contributed by atoms with van der Waals surface area (Å²) >= 11 is 7.56. The van der Waals surface area contributed by atoms with Gasteiger partial charge in [-0.05, 0) is 80.1 Å². The van der Waals surface area contributed by atoms with E-state index in [-0.39, 0.29) is 16.9 Å². The molecular formula is C36H30ClN3O4S. The molecule has 5 rings (SSSR count). The average molecular weight is 636 g/mol. The van der Waals surface area contributed by atoms with Gasteiger partial charge in [-0.2, -0.15) is 0 Å². The zero-order valence-electron chi connectivity index (χ0n) is 24.5. The lowest BCUT2D eigenvalue weighted by molar-refractivity contribution is -0.115. The number of amides is 3. The monoisotopic (exact) mass is 635 g/mol. The van der Waals surface area contributed by atoms with Crippen LogP contribution in [0.5, 0.6) is 0 Å². The zero-order chi connectivity index (χ0) is 31.8. The van der Waals surface area contributed by atoms with Gasteiger partial charge in [0.1, 0.15) is 17.2 Å². The number of benzene rings is 4. The molecule has 1 unspecified atom stereocenters. The number of carbonyl (C=O) groups excluding carboxylic acids is 3. The SMILES string of the molecule is Cc1c(Cl)cccc1NC(=O)C(C)Sc1ccc(NC(=O)C(=Cc2ccc(-c3ccccc3)o2)NC(=O)c2ccccc2)cc1. The Balaban J connectivity index is 1.28. The van der Waals surface area contributed by atoms with E-state index in [1.807, 2.05) is 74.5 Å². The lowest BCUT2D eigenvalue weighted by Crippen LogP contribution is -2.30. The Bertz CT molecular complexity index is 1840. The summed E-state index contributed by atoms with van der Waals surface area (Å²) < 4.78 is 5.96. The van der Waals surface area contributed by atoms with Crippen molar-refractivity contribution in [3.05, 3.63) is 143 Å². The molecule has 4 aromatic carbocycles. The maximum absolute atomic E-state index is 13.4. The summed E-state index contributed by atoms with van der Waals surface area (Å²) in [5.41, 5.74) is 3.30. The lowest BCUT2D eigenvalue weighted by Gasteiger charge is -2.15. The summed E-state index contributed by atoms with van der Waals surface area (Å²) in [4.78, 5) is 40.1. The van der Waals surface area contributed by atoms with Crippen molar-refractivity contribution >= 4 is 58.5 Å². The predicted molar refractivity (Wildman–Crippen MR) is 181 cm³/mol.